The number of primary amides is 1. The number of hydrogen-bond donors (Lipinski definition) is 1. The minimum atomic E-state index is -0.623. The van der Waals surface area contributed by atoms with E-state index in [9.17, 15) is 4.79 Å². The Labute approximate surface area is 107 Å². The summed E-state index contributed by atoms with van der Waals surface area (Å²) in [5.74, 6) is 0.00912. The van der Waals surface area contributed by atoms with Crippen LogP contribution in [0.3, 0.4) is 0 Å². The molecule has 1 unspecified atom stereocenters. The van der Waals surface area contributed by atoms with Crippen molar-refractivity contribution in [3.63, 3.8) is 0 Å². The van der Waals surface area contributed by atoms with Crippen LogP contribution in [0.1, 0.15) is 13.3 Å². The van der Waals surface area contributed by atoms with Crippen LogP contribution in [-0.2, 0) is 4.79 Å². The lowest BCUT2D eigenvalue weighted by atomic mass is 10.2. The summed E-state index contributed by atoms with van der Waals surface area (Å²) in [7, 11) is 0. The van der Waals surface area contributed by atoms with Crippen molar-refractivity contribution >= 4 is 40.1 Å². The van der Waals surface area contributed by atoms with Crippen LogP contribution in [0.5, 0.6) is 5.75 Å². The number of halogens is 2. The van der Waals surface area contributed by atoms with E-state index in [0.717, 1.165) is 3.57 Å². The van der Waals surface area contributed by atoms with Crippen LogP contribution in [0.15, 0.2) is 18.2 Å². The minimum absolute atomic E-state index is 0.480. The molecule has 0 bridgehead atoms. The maximum absolute atomic E-state index is 11.0. The molecule has 1 aromatic carbocycles. The number of carbonyl (C=O) groups is 1. The third-order valence-electron chi connectivity index (χ3n) is 1.85. The van der Waals surface area contributed by atoms with Gasteiger partial charge in [0.15, 0.2) is 6.10 Å². The molecule has 82 valence electrons. The molecule has 0 fully saturated rings. The number of benzene rings is 1. The fourth-order valence-electron chi connectivity index (χ4n) is 1.07. The van der Waals surface area contributed by atoms with E-state index in [1.807, 2.05) is 13.0 Å². The van der Waals surface area contributed by atoms with Crippen molar-refractivity contribution in [2.24, 2.45) is 5.73 Å². The molecule has 2 N–H and O–H groups in total. The normalized spacial score (nSPS) is 12.2. The lowest BCUT2D eigenvalue weighted by Crippen LogP contribution is -2.33. The summed E-state index contributed by atoms with van der Waals surface area (Å²) < 4.78 is 6.41. The predicted octanol–water partition coefficient (Wildman–Crippen LogP) is 2.59. The molecule has 0 radical (unpaired) electrons. The van der Waals surface area contributed by atoms with E-state index in [0.29, 0.717) is 17.2 Å². The highest BCUT2D eigenvalue weighted by atomic mass is 127. The standard InChI is InChI=1S/C10H11ClINO2/c1-2-8(10(13)14)15-9-4-3-6(12)5-7(9)11/h3-5,8H,2H2,1H3,(H2,13,14). The molecule has 1 amide bonds. The first-order valence-electron chi connectivity index (χ1n) is 4.45. The smallest absolute Gasteiger partial charge is 0.258 e. The highest BCUT2D eigenvalue weighted by Crippen LogP contribution is 2.27. The quantitative estimate of drug-likeness (QED) is 0.857. The fourth-order valence-corrected chi connectivity index (χ4v) is 1.97. The number of carbonyl (C=O) groups excluding carboxylic acids is 1. The first kappa shape index (κ1) is 12.6. The highest BCUT2D eigenvalue weighted by Gasteiger charge is 2.15. The van der Waals surface area contributed by atoms with Crippen LogP contribution in [0.2, 0.25) is 5.02 Å². The zero-order valence-corrected chi connectivity index (χ0v) is 11.1. The average Bonchev–Trinajstić information content (AvgIpc) is 2.16. The summed E-state index contributed by atoms with van der Waals surface area (Å²) in [5.41, 5.74) is 5.17. The maximum Gasteiger partial charge on any atom is 0.258 e. The van der Waals surface area contributed by atoms with E-state index in [1.54, 1.807) is 12.1 Å². The molecular weight excluding hydrogens is 328 g/mol. The molecule has 0 heterocycles. The molecule has 1 rings (SSSR count). The lowest BCUT2D eigenvalue weighted by molar-refractivity contribution is -0.124. The Morgan fingerprint density at radius 3 is 2.80 bits per heavy atom. The second-order valence-corrected chi connectivity index (χ2v) is 4.64. The molecule has 15 heavy (non-hydrogen) atoms. The van der Waals surface area contributed by atoms with Gasteiger partial charge in [-0.15, -0.1) is 0 Å². The Balaban J connectivity index is 2.84. The van der Waals surface area contributed by atoms with Gasteiger partial charge in [-0.25, -0.2) is 0 Å². The van der Waals surface area contributed by atoms with E-state index < -0.39 is 12.0 Å². The summed E-state index contributed by atoms with van der Waals surface area (Å²) in [6.07, 6.45) is -0.0972. The van der Waals surface area contributed by atoms with Crippen molar-refractivity contribution in [1.29, 1.82) is 0 Å². The van der Waals surface area contributed by atoms with Gasteiger partial charge in [-0.2, -0.15) is 0 Å². The van der Waals surface area contributed by atoms with Crippen molar-refractivity contribution in [2.45, 2.75) is 19.4 Å². The monoisotopic (exact) mass is 339 g/mol. The Morgan fingerprint density at radius 2 is 2.33 bits per heavy atom. The van der Waals surface area contributed by atoms with Gasteiger partial charge in [0, 0.05) is 3.57 Å². The van der Waals surface area contributed by atoms with Crippen molar-refractivity contribution in [2.75, 3.05) is 0 Å². The SMILES string of the molecule is CCC(Oc1ccc(I)cc1Cl)C(N)=O. The fraction of sp³-hybridized carbons (Fsp3) is 0.300. The van der Waals surface area contributed by atoms with E-state index in [4.69, 9.17) is 22.1 Å². The third kappa shape index (κ3) is 3.53. The van der Waals surface area contributed by atoms with Gasteiger partial charge in [-0.1, -0.05) is 18.5 Å². The van der Waals surface area contributed by atoms with Crippen LogP contribution in [0.4, 0.5) is 0 Å². The molecule has 0 aliphatic carbocycles. The van der Waals surface area contributed by atoms with Crippen molar-refractivity contribution in [3.8, 4) is 5.75 Å². The van der Waals surface area contributed by atoms with Crippen LogP contribution in [0.25, 0.3) is 0 Å². The molecule has 0 aromatic heterocycles. The maximum atomic E-state index is 11.0. The first-order chi connectivity index (χ1) is 7.04. The minimum Gasteiger partial charge on any atom is -0.479 e. The van der Waals surface area contributed by atoms with Gasteiger partial charge in [0.2, 0.25) is 0 Å². The summed E-state index contributed by atoms with van der Waals surface area (Å²) in [6, 6.07) is 5.36. The third-order valence-corrected chi connectivity index (χ3v) is 2.82. The second kappa shape index (κ2) is 5.55. The molecule has 0 spiro atoms. The zero-order valence-electron chi connectivity index (χ0n) is 8.17. The van der Waals surface area contributed by atoms with Crippen LogP contribution >= 0.6 is 34.2 Å². The van der Waals surface area contributed by atoms with Gasteiger partial charge in [0.1, 0.15) is 5.75 Å². The number of amides is 1. The zero-order chi connectivity index (χ0) is 11.4. The van der Waals surface area contributed by atoms with Crippen molar-refractivity contribution in [3.05, 3.63) is 26.8 Å². The topological polar surface area (TPSA) is 52.3 Å². The van der Waals surface area contributed by atoms with Gasteiger partial charge in [0.25, 0.3) is 5.91 Å². The number of rotatable bonds is 4. The van der Waals surface area contributed by atoms with Gasteiger partial charge in [-0.05, 0) is 47.2 Å². The average molecular weight is 340 g/mol. The summed E-state index contributed by atoms with van der Waals surface area (Å²) in [5, 5.41) is 0.488. The molecule has 0 aliphatic rings. The Bertz CT molecular complexity index is 370. The largest absolute Gasteiger partial charge is 0.479 e. The van der Waals surface area contributed by atoms with Crippen molar-refractivity contribution < 1.29 is 9.53 Å². The summed E-state index contributed by atoms with van der Waals surface area (Å²) >= 11 is 8.10. The van der Waals surface area contributed by atoms with Gasteiger partial charge in [-0.3, -0.25) is 4.79 Å². The van der Waals surface area contributed by atoms with E-state index in [2.05, 4.69) is 22.6 Å². The molecule has 5 heteroatoms. The lowest BCUT2D eigenvalue weighted by Gasteiger charge is -2.15. The highest BCUT2D eigenvalue weighted by molar-refractivity contribution is 14.1. The molecule has 0 saturated carbocycles. The summed E-state index contributed by atoms with van der Waals surface area (Å²) in [6.45, 7) is 1.83. The Hall–Kier alpha value is -0.490. The molecule has 1 atom stereocenters. The van der Waals surface area contributed by atoms with E-state index in [-0.39, 0.29) is 0 Å². The first-order valence-corrected chi connectivity index (χ1v) is 5.91. The number of hydrogen-bond acceptors (Lipinski definition) is 2. The summed E-state index contributed by atoms with van der Waals surface area (Å²) in [4.78, 5) is 11.0. The molecule has 0 saturated heterocycles. The predicted molar refractivity (Wildman–Crippen MR) is 68.1 cm³/mol. The number of ether oxygens (including phenoxy) is 1. The van der Waals surface area contributed by atoms with Crippen molar-refractivity contribution in [1.82, 2.24) is 0 Å². The molecular formula is C10H11ClINO2. The van der Waals surface area contributed by atoms with E-state index in [1.165, 1.54) is 0 Å². The number of nitrogens with two attached hydrogens (primary N) is 1. The van der Waals surface area contributed by atoms with Gasteiger partial charge >= 0.3 is 0 Å². The molecule has 1 aromatic rings. The van der Waals surface area contributed by atoms with Gasteiger partial charge < -0.3 is 10.5 Å². The van der Waals surface area contributed by atoms with Gasteiger partial charge in [0.05, 0.1) is 5.02 Å². The molecule has 3 nitrogen and oxygen atoms in total. The second-order valence-electron chi connectivity index (χ2n) is 2.99. The Kier molecular flexibility index (Phi) is 4.66. The van der Waals surface area contributed by atoms with Crippen LogP contribution in [-0.4, -0.2) is 12.0 Å². The van der Waals surface area contributed by atoms with Crippen LogP contribution < -0.4 is 10.5 Å². The van der Waals surface area contributed by atoms with Crippen LogP contribution in [0, 0.1) is 3.57 Å². The molecule has 0 aliphatic heterocycles. The van der Waals surface area contributed by atoms with E-state index >= 15 is 0 Å². The Morgan fingerprint density at radius 1 is 1.67 bits per heavy atom.